The number of carbonyl (C=O) groups is 1. The summed E-state index contributed by atoms with van der Waals surface area (Å²) in [6.45, 7) is 3.29. The molecule has 162 valence electrons. The van der Waals surface area contributed by atoms with Crippen molar-refractivity contribution in [3.05, 3.63) is 24.3 Å². The van der Waals surface area contributed by atoms with Crippen molar-refractivity contribution in [1.82, 2.24) is 14.5 Å². The number of nitrogens with one attached hydrogen (secondary N) is 2. The van der Waals surface area contributed by atoms with Gasteiger partial charge in [-0.05, 0) is 44.0 Å². The smallest absolute Gasteiger partial charge is 0.243 e. The number of ether oxygens (including phenoxy) is 1. The number of hydrogen-bond acceptors (Lipinski definition) is 9. The number of amides is 1. The van der Waals surface area contributed by atoms with Crippen molar-refractivity contribution in [2.45, 2.75) is 40.3 Å². The molecule has 1 amide bonds. The SMILES string of the molecule is C[C@H](Sc1nnc(NC2CC2)s1)C(=O)Nc1ccc(S(=O)(=O)N2CCOCC2)cc1. The first kappa shape index (κ1) is 21.5. The molecule has 1 aromatic carbocycles. The van der Waals surface area contributed by atoms with Crippen LogP contribution in [0.4, 0.5) is 10.8 Å². The largest absolute Gasteiger partial charge is 0.379 e. The van der Waals surface area contributed by atoms with Crippen LogP contribution in [0, 0.1) is 0 Å². The van der Waals surface area contributed by atoms with Crippen LogP contribution in [0.15, 0.2) is 33.5 Å². The van der Waals surface area contributed by atoms with Crippen molar-refractivity contribution in [3.8, 4) is 0 Å². The summed E-state index contributed by atoms with van der Waals surface area (Å²) in [6.07, 6.45) is 2.32. The zero-order chi connectivity index (χ0) is 21.1. The van der Waals surface area contributed by atoms with Gasteiger partial charge in [-0.1, -0.05) is 23.1 Å². The standard InChI is InChI=1S/C18H23N5O4S3/c1-12(28-18-22-21-17(29-18)20-14-2-3-14)16(24)19-13-4-6-15(7-5-13)30(25,26)23-8-10-27-11-9-23/h4-7,12,14H,2-3,8-11H2,1H3,(H,19,24)(H,20,21)/t12-/m0/s1. The van der Waals surface area contributed by atoms with Gasteiger partial charge in [0.15, 0.2) is 4.34 Å². The summed E-state index contributed by atoms with van der Waals surface area (Å²) in [5.41, 5.74) is 0.543. The lowest BCUT2D eigenvalue weighted by molar-refractivity contribution is -0.115. The van der Waals surface area contributed by atoms with Crippen molar-refractivity contribution < 1.29 is 17.9 Å². The molecule has 12 heteroatoms. The predicted octanol–water partition coefficient (Wildman–Crippen LogP) is 2.25. The van der Waals surface area contributed by atoms with Crippen LogP contribution < -0.4 is 10.6 Å². The summed E-state index contributed by atoms with van der Waals surface area (Å²) in [7, 11) is -3.55. The molecule has 1 saturated carbocycles. The van der Waals surface area contributed by atoms with E-state index >= 15 is 0 Å². The fourth-order valence-corrected chi connectivity index (χ4v) is 6.19. The highest BCUT2D eigenvalue weighted by Crippen LogP contribution is 2.32. The number of anilines is 2. The molecule has 0 unspecified atom stereocenters. The molecular weight excluding hydrogens is 446 g/mol. The number of nitrogens with zero attached hydrogens (tertiary/aromatic N) is 3. The van der Waals surface area contributed by atoms with Crippen LogP contribution in [0.1, 0.15) is 19.8 Å². The molecule has 2 fully saturated rings. The first-order valence-electron chi connectivity index (χ1n) is 9.67. The van der Waals surface area contributed by atoms with Gasteiger partial charge >= 0.3 is 0 Å². The van der Waals surface area contributed by atoms with Crippen molar-refractivity contribution in [2.24, 2.45) is 0 Å². The Balaban J connectivity index is 1.33. The Kier molecular flexibility index (Phi) is 6.58. The Morgan fingerprint density at radius 1 is 1.23 bits per heavy atom. The number of carbonyl (C=O) groups excluding carboxylic acids is 1. The molecule has 2 heterocycles. The van der Waals surface area contributed by atoms with Crippen molar-refractivity contribution >= 4 is 49.8 Å². The van der Waals surface area contributed by atoms with Gasteiger partial charge in [-0.15, -0.1) is 10.2 Å². The first-order valence-corrected chi connectivity index (χ1v) is 12.8. The van der Waals surface area contributed by atoms with E-state index in [0.717, 1.165) is 22.3 Å². The Morgan fingerprint density at radius 2 is 1.93 bits per heavy atom. The topological polar surface area (TPSA) is 114 Å². The van der Waals surface area contributed by atoms with Crippen LogP contribution in [-0.4, -0.2) is 66.4 Å². The van der Waals surface area contributed by atoms with Crippen LogP contribution in [0.25, 0.3) is 0 Å². The van der Waals surface area contributed by atoms with Crippen LogP contribution in [0.2, 0.25) is 0 Å². The number of rotatable bonds is 8. The number of sulfonamides is 1. The van der Waals surface area contributed by atoms with Crippen LogP contribution in [-0.2, 0) is 19.6 Å². The van der Waals surface area contributed by atoms with Crippen LogP contribution in [0.5, 0.6) is 0 Å². The van der Waals surface area contributed by atoms with Crippen molar-refractivity contribution in [2.75, 3.05) is 36.9 Å². The fraction of sp³-hybridized carbons (Fsp3) is 0.500. The molecule has 1 atom stereocenters. The van der Waals surface area contributed by atoms with Gasteiger partial charge in [-0.25, -0.2) is 8.42 Å². The molecule has 0 radical (unpaired) electrons. The molecule has 1 aromatic heterocycles. The van der Waals surface area contributed by atoms with E-state index in [1.54, 1.807) is 19.1 Å². The Hall–Kier alpha value is -1.73. The van der Waals surface area contributed by atoms with Crippen LogP contribution >= 0.6 is 23.1 Å². The minimum Gasteiger partial charge on any atom is -0.379 e. The summed E-state index contributed by atoms with van der Waals surface area (Å²) in [5.74, 6) is -0.185. The molecule has 2 aromatic rings. The highest BCUT2D eigenvalue weighted by atomic mass is 32.2. The summed E-state index contributed by atoms with van der Waals surface area (Å²) in [6, 6.07) is 6.74. The number of benzene rings is 1. The first-order chi connectivity index (χ1) is 14.4. The van der Waals surface area contributed by atoms with E-state index in [-0.39, 0.29) is 16.1 Å². The van der Waals surface area contributed by atoms with Gasteiger partial charge in [0.1, 0.15) is 0 Å². The molecule has 2 aliphatic rings. The molecule has 1 aliphatic heterocycles. The molecule has 1 saturated heterocycles. The lowest BCUT2D eigenvalue weighted by atomic mass is 10.3. The summed E-state index contributed by atoms with van der Waals surface area (Å²) >= 11 is 2.78. The zero-order valence-corrected chi connectivity index (χ0v) is 18.9. The van der Waals surface area contributed by atoms with Gasteiger partial charge in [-0.2, -0.15) is 4.31 Å². The highest BCUT2D eigenvalue weighted by Gasteiger charge is 2.26. The monoisotopic (exact) mass is 469 g/mol. The Morgan fingerprint density at radius 3 is 2.60 bits per heavy atom. The Labute approximate surface area is 183 Å². The Bertz CT molecular complexity index is 986. The van der Waals surface area contributed by atoms with E-state index in [4.69, 9.17) is 4.74 Å². The normalized spacial score (nSPS) is 18.7. The molecule has 0 spiro atoms. The van der Waals surface area contributed by atoms with Gasteiger partial charge in [0.25, 0.3) is 0 Å². The lowest BCUT2D eigenvalue weighted by Gasteiger charge is -2.26. The predicted molar refractivity (Wildman–Crippen MR) is 117 cm³/mol. The van der Waals surface area contributed by atoms with Gasteiger partial charge in [0, 0.05) is 24.8 Å². The summed E-state index contributed by atoms with van der Waals surface area (Å²) in [4.78, 5) is 12.7. The molecule has 0 bridgehead atoms. The van der Waals surface area contributed by atoms with Gasteiger partial charge in [0.05, 0.1) is 23.4 Å². The fourth-order valence-electron chi connectivity index (χ4n) is 2.81. The molecule has 30 heavy (non-hydrogen) atoms. The van der Waals surface area contributed by atoms with E-state index in [1.807, 2.05) is 0 Å². The maximum absolute atomic E-state index is 12.7. The second-order valence-corrected chi connectivity index (χ2v) is 11.6. The van der Waals surface area contributed by atoms with E-state index < -0.39 is 10.0 Å². The molecule has 9 nitrogen and oxygen atoms in total. The highest BCUT2D eigenvalue weighted by molar-refractivity contribution is 8.02. The summed E-state index contributed by atoms with van der Waals surface area (Å²) < 4.78 is 32.7. The van der Waals surface area contributed by atoms with Gasteiger partial charge < -0.3 is 15.4 Å². The van der Waals surface area contributed by atoms with Crippen molar-refractivity contribution in [1.29, 1.82) is 0 Å². The third kappa shape index (κ3) is 5.30. The lowest BCUT2D eigenvalue weighted by Crippen LogP contribution is -2.40. The quantitative estimate of drug-likeness (QED) is 0.566. The van der Waals surface area contributed by atoms with Crippen LogP contribution in [0.3, 0.4) is 0 Å². The zero-order valence-electron chi connectivity index (χ0n) is 16.4. The van der Waals surface area contributed by atoms with E-state index in [1.165, 1.54) is 39.5 Å². The van der Waals surface area contributed by atoms with Gasteiger partial charge in [0.2, 0.25) is 21.1 Å². The molecule has 2 N–H and O–H groups in total. The minimum atomic E-state index is -3.55. The van der Waals surface area contributed by atoms with E-state index in [9.17, 15) is 13.2 Å². The molecule has 1 aliphatic carbocycles. The van der Waals surface area contributed by atoms with E-state index in [2.05, 4.69) is 20.8 Å². The van der Waals surface area contributed by atoms with E-state index in [0.29, 0.717) is 38.0 Å². The number of morpholine rings is 1. The average Bonchev–Trinajstić information content (AvgIpc) is 3.46. The third-order valence-electron chi connectivity index (χ3n) is 4.69. The van der Waals surface area contributed by atoms with Crippen molar-refractivity contribution in [3.63, 3.8) is 0 Å². The maximum atomic E-state index is 12.7. The average molecular weight is 470 g/mol. The molecule has 4 rings (SSSR count). The number of hydrogen-bond donors (Lipinski definition) is 2. The molecular formula is C18H23N5O4S3. The summed E-state index contributed by atoms with van der Waals surface area (Å²) in [5, 5.41) is 14.7. The second-order valence-electron chi connectivity index (χ2n) is 7.08. The number of aromatic nitrogens is 2. The van der Waals surface area contributed by atoms with Gasteiger partial charge in [-0.3, -0.25) is 4.79 Å². The minimum absolute atomic E-state index is 0.185. The third-order valence-corrected chi connectivity index (χ3v) is 8.64. The second kappa shape index (κ2) is 9.18. The number of thioether (sulfide) groups is 1. The maximum Gasteiger partial charge on any atom is 0.243 e.